The maximum atomic E-state index is 12.6. The first-order chi connectivity index (χ1) is 11.0. The van der Waals surface area contributed by atoms with Crippen molar-refractivity contribution >= 4 is 17.8 Å². The molecule has 0 atom stereocenters. The van der Waals surface area contributed by atoms with Gasteiger partial charge in [-0.3, -0.25) is 0 Å². The summed E-state index contributed by atoms with van der Waals surface area (Å²) in [6, 6.07) is 3.60. The van der Waals surface area contributed by atoms with Crippen molar-refractivity contribution in [3.05, 3.63) is 29.8 Å². The van der Waals surface area contributed by atoms with Crippen molar-refractivity contribution in [3.8, 4) is 0 Å². The number of nitrogens with one attached hydrogen (secondary N) is 3. The van der Waals surface area contributed by atoms with Crippen molar-refractivity contribution in [3.63, 3.8) is 0 Å². The van der Waals surface area contributed by atoms with E-state index in [-0.39, 0.29) is 18.8 Å². The molecule has 0 fully saturated rings. The van der Waals surface area contributed by atoms with E-state index >= 15 is 0 Å². The Balaban J connectivity index is 2.36. The molecule has 1 aromatic rings. The van der Waals surface area contributed by atoms with Gasteiger partial charge in [-0.05, 0) is 39.0 Å². The molecule has 0 saturated carbocycles. The Hall–Kier alpha value is -2.45. The molecule has 0 spiro atoms. The van der Waals surface area contributed by atoms with Gasteiger partial charge in [-0.15, -0.1) is 0 Å². The monoisotopic (exact) mass is 347 g/mol. The first-order valence-electron chi connectivity index (χ1n) is 7.16. The minimum Gasteiger partial charge on any atom is -0.444 e. The maximum Gasteiger partial charge on any atom is 0.416 e. The summed E-state index contributed by atoms with van der Waals surface area (Å²) in [5.74, 6) is 0. The second kappa shape index (κ2) is 7.89. The highest BCUT2D eigenvalue weighted by Gasteiger charge is 2.30. The van der Waals surface area contributed by atoms with Crippen LogP contribution in [0.3, 0.4) is 0 Å². The van der Waals surface area contributed by atoms with Gasteiger partial charge in [-0.25, -0.2) is 9.59 Å². The van der Waals surface area contributed by atoms with E-state index in [1.165, 1.54) is 12.1 Å². The average Bonchev–Trinajstić information content (AvgIpc) is 2.41. The van der Waals surface area contributed by atoms with Gasteiger partial charge >= 0.3 is 18.3 Å². The van der Waals surface area contributed by atoms with Crippen LogP contribution < -0.4 is 16.0 Å². The number of alkyl halides is 3. The van der Waals surface area contributed by atoms with Crippen molar-refractivity contribution in [2.24, 2.45) is 0 Å². The predicted octanol–water partition coefficient (Wildman–Crippen LogP) is 3.35. The molecule has 3 amide bonds. The number of amides is 3. The summed E-state index contributed by atoms with van der Waals surface area (Å²) in [5, 5.41) is 7.13. The number of urea groups is 1. The number of benzene rings is 1. The topological polar surface area (TPSA) is 79.5 Å². The number of anilines is 1. The van der Waals surface area contributed by atoms with Crippen LogP contribution in [0.1, 0.15) is 26.3 Å². The molecule has 0 aliphatic heterocycles. The molecule has 24 heavy (non-hydrogen) atoms. The highest BCUT2D eigenvalue weighted by atomic mass is 19.4. The quantitative estimate of drug-likeness (QED) is 0.731. The van der Waals surface area contributed by atoms with Gasteiger partial charge in [0.05, 0.1) is 5.56 Å². The second-order valence-corrected chi connectivity index (χ2v) is 5.89. The molecule has 6 nitrogen and oxygen atoms in total. The van der Waals surface area contributed by atoms with Crippen LogP contribution in [-0.4, -0.2) is 30.8 Å². The Morgan fingerprint density at radius 1 is 1.08 bits per heavy atom. The summed E-state index contributed by atoms with van der Waals surface area (Å²) < 4.78 is 42.7. The Labute approximate surface area is 137 Å². The molecule has 134 valence electrons. The lowest BCUT2D eigenvalue weighted by Crippen LogP contribution is -2.39. The first kappa shape index (κ1) is 19.6. The summed E-state index contributed by atoms with van der Waals surface area (Å²) in [6.45, 7) is 5.35. The third-order valence-corrected chi connectivity index (χ3v) is 2.53. The van der Waals surface area contributed by atoms with Gasteiger partial charge in [0.15, 0.2) is 0 Å². The third-order valence-electron chi connectivity index (χ3n) is 2.53. The lowest BCUT2D eigenvalue weighted by atomic mass is 10.2. The molecule has 0 radical (unpaired) electrons. The zero-order chi connectivity index (χ0) is 18.4. The van der Waals surface area contributed by atoms with Gasteiger partial charge < -0.3 is 20.7 Å². The fraction of sp³-hybridized carbons (Fsp3) is 0.467. The van der Waals surface area contributed by atoms with Gasteiger partial charge in [-0.1, -0.05) is 6.07 Å². The van der Waals surface area contributed by atoms with Crippen LogP contribution in [0, 0.1) is 0 Å². The number of rotatable bonds is 4. The first-order valence-corrected chi connectivity index (χ1v) is 7.16. The van der Waals surface area contributed by atoms with E-state index in [9.17, 15) is 22.8 Å². The van der Waals surface area contributed by atoms with Crippen LogP contribution in [0.5, 0.6) is 0 Å². The summed E-state index contributed by atoms with van der Waals surface area (Å²) in [7, 11) is 0. The Morgan fingerprint density at radius 3 is 2.29 bits per heavy atom. The minimum absolute atomic E-state index is 0.0161. The zero-order valence-corrected chi connectivity index (χ0v) is 13.6. The second-order valence-electron chi connectivity index (χ2n) is 5.89. The molecule has 0 bridgehead atoms. The van der Waals surface area contributed by atoms with Crippen LogP contribution in [0.25, 0.3) is 0 Å². The smallest absolute Gasteiger partial charge is 0.416 e. The molecule has 1 aromatic carbocycles. The van der Waals surface area contributed by atoms with Crippen LogP contribution in [0.4, 0.5) is 28.4 Å². The summed E-state index contributed by atoms with van der Waals surface area (Å²) in [5.41, 5.74) is -1.47. The van der Waals surface area contributed by atoms with Crippen LogP contribution in [0.15, 0.2) is 24.3 Å². The molecule has 0 aromatic heterocycles. The molecule has 1 rings (SSSR count). The van der Waals surface area contributed by atoms with Crippen LogP contribution in [-0.2, 0) is 10.9 Å². The third kappa shape index (κ3) is 7.70. The van der Waals surface area contributed by atoms with Gasteiger partial charge in [0.1, 0.15) is 5.60 Å². The highest BCUT2D eigenvalue weighted by Crippen LogP contribution is 2.30. The minimum atomic E-state index is -4.48. The predicted molar refractivity (Wildman–Crippen MR) is 82.7 cm³/mol. The van der Waals surface area contributed by atoms with Gasteiger partial charge in [-0.2, -0.15) is 13.2 Å². The zero-order valence-electron chi connectivity index (χ0n) is 13.6. The Morgan fingerprint density at radius 2 is 1.71 bits per heavy atom. The standard InChI is InChI=1S/C15H20F3N3O3/c1-14(2,3)24-13(23)20-8-7-19-12(22)21-11-6-4-5-10(9-11)15(16,17)18/h4-6,9H,7-8H2,1-3H3,(H,20,23)(H2,19,21,22). The van der Waals surface area contributed by atoms with E-state index in [0.29, 0.717) is 0 Å². The fourth-order valence-electron chi connectivity index (χ4n) is 1.60. The number of alkyl carbamates (subject to hydrolysis) is 1. The molecule has 0 heterocycles. The Kier molecular flexibility index (Phi) is 6.44. The average molecular weight is 347 g/mol. The van der Waals surface area contributed by atoms with Crippen molar-refractivity contribution in [1.29, 1.82) is 0 Å². The molecule has 0 aliphatic rings. The van der Waals surface area contributed by atoms with E-state index in [4.69, 9.17) is 4.74 Å². The molecule has 9 heteroatoms. The van der Waals surface area contributed by atoms with Gasteiger partial charge in [0.25, 0.3) is 0 Å². The van der Waals surface area contributed by atoms with Crippen LogP contribution in [0.2, 0.25) is 0 Å². The number of carbonyl (C=O) groups is 2. The number of hydrogen-bond acceptors (Lipinski definition) is 3. The molecule has 3 N–H and O–H groups in total. The number of ether oxygens (including phenoxy) is 1. The maximum absolute atomic E-state index is 12.6. The number of hydrogen-bond donors (Lipinski definition) is 3. The van der Waals surface area contributed by atoms with E-state index < -0.39 is 29.5 Å². The summed E-state index contributed by atoms with van der Waals surface area (Å²) in [4.78, 5) is 23.0. The van der Waals surface area contributed by atoms with Crippen molar-refractivity contribution in [1.82, 2.24) is 10.6 Å². The summed E-state index contributed by atoms with van der Waals surface area (Å²) >= 11 is 0. The van der Waals surface area contributed by atoms with Crippen molar-refractivity contribution in [2.75, 3.05) is 18.4 Å². The molecule has 0 saturated heterocycles. The van der Waals surface area contributed by atoms with Gasteiger partial charge in [0, 0.05) is 18.8 Å². The van der Waals surface area contributed by atoms with Gasteiger partial charge in [0.2, 0.25) is 0 Å². The SMILES string of the molecule is CC(C)(C)OC(=O)NCCNC(=O)Nc1cccc(C(F)(F)F)c1. The number of halogens is 3. The molecular formula is C15H20F3N3O3. The molecule has 0 aliphatic carbocycles. The van der Waals surface area contributed by atoms with E-state index in [1.807, 2.05) is 0 Å². The van der Waals surface area contributed by atoms with Crippen molar-refractivity contribution < 1.29 is 27.5 Å². The lowest BCUT2D eigenvalue weighted by molar-refractivity contribution is -0.137. The fourth-order valence-corrected chi connectivity index (χ4v) is 1.60. The van der Waals surface area contributed by atoms with E-state index in [2.05, 4.69) is 16.0 Å². The number of carbonyl (C=O) groups excluding carboxylic acids is 2. The lowest BCUT2D eigenvalue weighted by Gasteiger charge is -2.19. The Bertz CT molecular complexity index is 583. The largest absolute Gasteiger partial charge is 0.444 e. The van der Waals surface area contributed by atoms with E-state index in [1.54, 1.807) is 20.8 Å². The molecule has 0 unspecified atom stereocenters. The van der Waals surface area contributed by atoms with Crippen molar-refractivity contribution in [2.45, 2.75) is 32.5 Å². The van der Waals surface area contributed by atoms with Crippen LogP contribution >= 0.6 is 0 Å². The van der Waals surface area contributed by atoms with E-state index in [0.717, 1.165) is 12.1 Å². The highest BCUT2D eigenvalue weighted by molar-refractivity contribution is 5.89. The normalized spacial score (nSPS) is 11.6. The summed E-state index contributed by atoms with van der Waals surface area (Å²) in [6.07, 6.45) is -5.10. The molecular weight excluding hydrogens is 327 g/mol.